The molecule has 4 heterocycles. The summed E-state index contributed by atoms with van der Waals surface area (Å²) in [6, 6.07) is 0. The highest BCUT2D eigenvalue weighted by Crippen LogP contribution is 2.21. The van der Waals surface area contributed by atoms with Crippen LogP contribution in [0.4, 0.5) is 0 Å². The van der Waals surface area contributed by atoms with Crippen LogP contribution in [0.2, 0.25) is 0 Å². The first-order valence-corrected chi connectivity index (χ1v) is 9.18. The third kappa shape index (κ3) is 3.33. The van der Waals surface area contributed by atoms with Crippen LogP contribution in [0.5, 0.6) is 0 Å². The number of hydrogen-bond donors (Lipinski definition) is 0. The molecule has 0 aromatic carbocycles. The minimum atomic E-state index is 0.854. The smallest absolute Gasteiger partial charge is 0.173 e. The fraction of sp³-hybridized carbons (Fsp3) is 0.529. The zero-order valence-electron chi connectivity index (χ0n) is 13.5. The fourth-order valence-corrected chi connectivity index (χ4v) is 4.01. The lowest BCUT2D eigenvalue weighted by Crippen LogP contribution is -2.31. The number of nitrogens with zero attached hydrogens (tertiary/aromatic N) is 5. The molecule has 2 aliphatic heterocycles. The van der Waals surface area contributed by atoms with Gasteiger partial charge in [-0.2, -0.15) is 0 Å². The lowest BCUT2D eigenvalue weighted by atomic mass is 10.1. The van der Waals surface area contributed by atoms with Crippen molar-refractivity contribution in [1.82, 2.24) is 19.9 Å². The van der Waals surface area contributed by atoms with Gasteiger partial charge in [-0.25, -0.2) is 15.0 Å². The molecule has 0 saturated heterocycles. The topological polar surface area (TPSA) is 54.3 Å². The molecular weight excluding hydrogens is 306 g/mol. The second-order valence-electron chi connectivity index (χ2n) is 6.29. The molecule has 0 radical (unpaired) electrons. The van der Waals surface area contributed by atoms with Gasteiger partial charge in [-0.15, -0.1) is 11.3 Å². The Hall–Kier alpha value is -1.66. The largest absolute Gasteiger partial charge is 0.292 e. The Bertz CT molecular complexity index is 736. The van der Waals surface area contributed by atoms with E-state index < -0.39 is 0 Å². The molecule has 0 atom stereocenters. The number of aliphatic imine (C=N–C) groups is 1. The second-order valence-corrected chi connectivity index (χ2v) is 7.24. The molecule has 0 unspecified atom stereocenters. The molecule has 2 aromatic rings. The summed E-state index contributed by atoms with van der Waals surface area (Å²) in [4.78, 5) is 21.0. The molecule has 0 saturated carbocycles. The summed E-state index contributed by atoms with van der Waals surface area (Å²) in [6.45, 7) is 5.85. The lowest BCUT2D eigenvalue weighted by Gasteiger charge is -2.27. The Morgan fingerprint density at radius 3 is 2.96 bits per heavy atom. The molecule has 0 spiro atoms. The van der Waals surface area contributed by atoms with Crippen LogP contribution in [0.3, 0.4) is 0 Å². The number of aromatic nitrogens is 3. The van der Waals surface area contributed by atoms with Crippen LogP contribution in [0, 0.1) is 6.92 Å². The maximum absolute atomic E-state index is 4.80. The molecule has 0 fully saturated rings. The van der Waals surface area contributed by atoms with E-state index in [-0.39, 0.29) is 0 Å². The zero-order valence-corrected chi connectivity index (χ0v) is 14.3. The van der Waals surface area contributed by atoms with E-state index in [9.17, 15) is 0 Å². The van der Waals surface area contributed by atoms with Crippen molar-refractivity contribution in [2.45, 2.75) is 45.7 Å². The van der Waals surface area contributed by atoms with Gasteiger partial charge in [-0.3, -0.25) is 9.89 Å². The van der Waals surface area contributed by atoms with Gasteiger partial charge in [0.25, 0.3) is 0 Å². The van der Waals surface area contributed by atoms with E-state index >= 15 is 0 Å². The van der Waals surface area contributed by atoms with Crippen molar-refractivity contribution in [3.05, 3.63) is 39.4 Å². The van der Waals surface area contributed by atoms with Gasteiger partial charge < -0.3 is 0 Å². The fourth-order valence-electron chi connectivity index (χ4n) is 3.20. The van der Waals surface area contributed by atoms with Gasteiger partial charge in [0.05, 0.1) is 18.0 Å². The van der Waals surface area contributed by atoms with Crippen molar-refractivity contribution in [3.63, 3.8) is 0 Å². The van der Waals surface area contributed by atoms with Crippen molar-refractivity contribution in [2.24, 2.45) is 4.99 Å². The predicted molar refractivity (Wildman–Crippen MR) is 92.0 cm³/mol. The molecule has 2 aromatic heterocycles. The molecule has 23 heavy (non-hydrogen) atoms. The Balaban J connectivity index is 1.48. The monoisotopic (exact) mass is 327 g/mol. The van der Waals surface area contributed by atoms with E-state index in [1.54, 1.807) is 11.3 Å². The van der Waals surface area contributed by atoms with Gasteiger partial charge in [0.1, 0.15) is 5.01 Å². The quantitative estimate of drug-likeness (QED) is 0.870. The highest BCUT2D eigenvalue weighted by atomic mass is 32.1. The van der Waals surface area contributed by atoms with Crippen molar-refractivity contribution in [1.29, 1.82) is 0 Å². The summed E-state index contributed by atoms with van der Waals surface area (Å²) in [5.41, 5.74) is 4.67. The number of rotatable bonds is 3. The molecule has 2 aliphatic rings. The first-order chi connectivity index (χ1) is 11.3. The van der Waals surface area contributed by atoms with Crippen molar-refractivity contribution >= 4 is 17.0 Å². The van der Waals surface area contributed by atoms with Gasteiger partial charge in [-0.05, 0) is 26.2 Å². The number of aryl methyl sites for hydroxylation is 1. The van der Waals surface area contributed by atoms with E-state index in [4.69, 9.17) is 4.98 Å². The number of hydrogen-bond acceptors (Lipinski definition) is 6. The number of thiazole rings is 1. The van der Waals surface area contributed by atoms with Gasteiger partial charge in [0.15, 0.2) is 5.82 Å². The van der Waals surface area contributed by atoms with Crippen molar-refractivity contribution < 1.29 is 0 Å². The minimum absolute atomic E-state index is 0.854. The standard InChI is InChI=1S/C17H21N5S/c1-12-11-23-16(20-12)10-22-7-5-14-13(9-22)8-19-17(21-14)15-4-2-3-6-18-15/h8,11H,2-7,9-10H2,1H3. The maximum Gasteiger partial charge on any atom is 0.173 e. The minimum Gasteiger partial charge on any atom is -0.292 e. The summed E-state index contributed by atoms with van der Waals surface area (Å²) in [5.74, 6) is 0.854. The lowest BCUT2D eigenvalue weighted by molar-refractivity contribution is 0.242. The molecule has 0 N–H and O–H groups in total. The molecule has 0 aliphatic carbocycles. The summed E-state index contributed by atoms with van der Waals surface area (Å²) < 4.78 is 0. The summed E-state index contributed by atoms with van der Waals surface area (Å²) in [7, 11) is 0. The summed E-state index contributed by atoms with van der Waals surface area (Å²) >= 11 is 1.75. The van der Waals surface area contributed by atoms with E-state index in [2.05, 4.69) is 32.2 Å². The van der Waals surface area contributed by atoms with Crippen molar-refractivity contribution in [3.8, 4) is 0 Å². The average Bonchev–Trinajstić information content (AvgIpc) is 3.00. The SMILES string of the molecule is Cc1csc(CN2CCc3nc(C4=NCCCC4)ncc3C2)n1. The highest BCUT2D eigenvalue weighted by Gasteiger charge is 2.20. The van der Waals surface area contributed by atoms with Crippen LogP contribution in [0.25, 0.3) is 0 Å². The Kier molecular flexibility index (Phi) is 4.18. The second kappa shape index (κ2) is 6.45. The first-order valence-electron chi connectivity index (χ1n) is 8.30. The third-order valence-corrected chi connectivity index (χ3v) is 5.37. The Labute approximate surface area is 140 Å². The molecule has 0 amide bonds. The molecule has 0 bridgehead atoms. The van der Waals surface area contributed by atoms with E-state index in [0.717, 1.165) is 56.3 Å². The van der Waals surface area contributed by atoms with E-state index in [0.29, 0.717) is 0 Å². The summed E-state index contributed by atoms with van der Waals surface area (Å²) in [6.07, 6.45) is 6.42. The Morgan fingerprint density at radius 1 is 1.22 bits per heavy atom. The normalized spacial score (nSPS) is 18.6. The maximum atomic E-state index is 4.80. The zero-order chi connectivity index (χ0) is 15.6. The van der Waals surface area contributed by atoms with Gasteiger partial charge >= 0.3 is 0 Å². The molecular formula is C17H21N5S. The molecule has 5 nitrogen and oxygen atoms in total. The Morgan fingerprint density at radius 2 is 2.17 bits per heavy atom. The van der Waals surface area contributed by atoms with Gasteiger partial charge in [0, 0.05) is 48.9 Å². The first kappa shape index (κ1) is 14.9. The molecule has 6 heteroatoms. The van der Waals surface area contributed by atoms with Crippen LogP contribution in [0.15, 0.2) is 16.6 Å². The molecule has 120 valence electrons. The van der Waals surface area contributed by atoms with E-state index in [1.807, 2.05) is 6.20 Å². The third-order valence-electron chi connectivity index (χ3n) is 4.42. The number of fused-ring (bicyclic) bond motifs is 1. The van der Waals surface area contributed by atoms with Crippen LogP contribution in [-0.4, -0.2) is 38.7 Å². The highest BCUT2D eigenvalue weighted by molar-refractivity contribution is 7.09. The van der Waals surface area contributed by atoms with Gasteiger partial charge in [-0.1, -0.05) is 0 Å². The van der Waals surface area contributed by atoms with Crippen LogP contribution in [-0.2, 0) is 19.5 Å². The van der Waals surface area contributed by atoms with Crippen LogP contribution < -0.4 is 0 Å². The summed E-state index contributed by atoms with van der Waals surface area (Å²) in [5, 5.41) is 3.31. The van der Waals surface area contributed by atoms with Gasteiger partial charge in [0.2, 0.25) is 0 Å². The molecule has 4 rings (SSSR count). The average molecular weight is 327 g/mol. The predicted octanol–water partition coefficient (Wildman–Crippen LogP) is 2.77. The van der Waals surface area contributed by atoms with Crippen LogP contribution in [0.1, 0.15) is 47.0 Å². The van der Waals surface area contributed by atoms with Crippen LogP contribution >= 0.6 is 11.3 Å². The van der Waals surface area contributed by atoms with E-state index in [1.165, 1.54) is 29.1 Å². The van der Waals surface area contributed by atoms with Crippen molar-refractivity contribution in [2.75, 3.05) is 13.1 Å².